The number of carbonyl (C=O) groups is 2. The molecule has 1 aromatic heterocycles. The van der Waals surface area contributed by atoms with Crippen LogP contribution in [0.3, 0.4) is 0 Å². The number of rotatable bonds is 5. The van der Waals surface area contributed by atoms with Gasteiger partial charge in [0.15, 0.2) is 0 Å². The number of aromatic nitrogens is 1. The van der Waals surface area contributed by atoms with Crippen LogP contribution in [0.4, 0.5) is 0 Å². The zero-order valence-electron chi connectivity index (χ0n) is 8.71. The summed E-state index contributed by atoms with van der Waals surface area (Å²) in [5.74, 6) is -1.39. The quantitative estimate of drug-likeness (QED) is 0.584. The van der Waals surface area contributed by atoms with Crippen LogP contribution < -0.4 is 5.32 Å². The second kappa shape index (κ2) is 6.50. The standard InChI is InChI=1S/C10H9N3O3S/c11-3-5-12-8(14)6-17-9-7(10(15)16)2-1-4-13-9/h1-2,4H,5-6H2,(H,12,14)(H,15,16). The van der Waals surface area contributed by atoms with Crippen LogP contribution in [0.25, 0.3) is 0 Å². The van der Waals surface area contributed by atoms with Crippen LogP contribution in [0.1, 0.15) is 10.4 Å². The number of hydrogen-bond acceptors (Lipinski definition) is 5. The summed E-state index contributed by atoms with van der Waals surface area (Å²) in [6.45, 7) is -0.0621. The van der Waals surface area contributed by atoms with Crippen molar-refractivity contribution in [3.05, 3.63) is 23.9 Å². The zero-order chi connectivity index (χ0) is 12.7. The van der Waals surface area contributed by atoms with E-state index in [1.165, 1.54) is 18.3 Å². The summed E-state index contributed by atoms with van der Waals surface area (Å²) in [4.78, 5) is 25.9. The molecular weight excluding hydrogens is 242 g/mol. The number of carbonyl (C=O) groups excluding carboxylic acids is 1. The molecule has 0 aliphatic rings. The molecule has 0 saturated carbocycles. The third-order valence-electron chi connectivity index (χ3n) is 1.71. The van der Waals surface area contributed by atoms with E-state index in [-0.39, 0.29) is 28.8 Å². The number of thioether (sulfide) groups is 1. The smallest absolute Gasteiger partial charge is 0.338 e. The van der Waals surface area contributed by atoms with Gasteiger partial charge in [-0.15, -0.1) is 0 Å². The van der Waals surface area contributed by atoms with E-state index in [0.29, 0.717) is 0 Å². The third kappa shape index (κ3) is 4.12. The van der Waals surface area contributed by atoms with Gasteiger partial charge < -0.3 is 10.4 Å². The fraction of sp³-hybridized carbons (Fsp3) is 0.200. The van der Waals surface area contributed by atoms with Crippen LogP contribution in [0.15, 0.2) is 23.4 Å². The molecule has 1 aromatic rings. The SMILES string of the molecule is N#CCNC(=O)CSc1ncccc1C(=O)O. The first-order valence-corrected chi connectivity index (χ1v) is 5.58. The van der Waals surface area contributed by atoms with Gasteiger partial charge >= 0.3 is 5.97 Å². The summed E-state index contributed by atoms with van der Waals surface area (Å²) in [6.07, 6.45) is 1.46. The van der Waals surface area contributed by atoms with Gasteiger partial charge in [0, 0.05) is 6.20 Å². The molecule has 6 nitrogen and oxygen atoms in total. The number of carboxylic acids is 1. The lowest BCUT2D eigenvalue weighted by Crippen LogP contribution is -2.25. The molecule has 0 aliphatic carbocycles. The molecule has 0 atom stereocenters. The minimum Gasteiger partial charge on any atom is -0.478 e. The van der Waals surface area contributed by atoms with Gasteiger partial charge in [0.25, 0.3) is 0 Å². The van der Waals surface area contributed by atoms with Crippen LogP contribution in [-0.2, 0) is 4.79 Å². The molecule has 0 saturated heterocycles. The predicted octanol–water partition coefficient (Wildman–Crippen LogP) is 0.512. The first-order valence-electron chi connectivity index (χ1n) is 4.60. The van der Waals surface area contributed by atoms with Gasteiger partial charge in [-0.3, -0.25) is 4.79 Å². The molecule has 2 N–H and O–H groups in total. The monoisotopic (exact) mass is 251 g/mol. The summed E-state index contributed by atoms with van der Waals surface area (Å²) < 4.78 is 0. The number of nitriles is 1. The number of nitrogens with zero attached hydrogens (tertiary/aromatic N) is 2. The zero-order valence-corrected chi connectivity index (χ0v) is 9.53. The molecule has 1 rings (SSSR count). The van der Waals surface area contributed by atoms with Crippen LogP contribution in [0.2, 0.25) is 0 Å². The van der Waals surface area contributed by atoms with Gasteiger partial charge in [0.05, 0.1) is 17.4 Å². The maximum Gasteiger partial charge on any atom is 0.338 e. The van der Waals surface area contributed by atoms with Crippen molar-refractivity contribution in [2.75, 3.05) is 12.3 Å². The van der Waals surface area contributed by atoms with Crippen LogP contribution in [-0.4, -0.2) is 34.3 Å². The minimum atomic E-state index is -1.09. The number of pyridine rings is 1. The Hall–Kier alpha value is -2.07. The Kier molecular flexibility index (Phi) is 4.97. The van der Waals surface area contributed by atoms with Gasteiger partial charge in [-0.2, -0.15) is 5.26 Å². The lowest BCUT2D eigenvalue weighted by atomic mass is 10.3. The van der Waals surface area contributed by atoms with Crippen LogP contribution in [0.5, 0.6) is 0 Å². The largest absolute Gasteiger partial charge is 0.478 e. The minimum absolute atomic E-state index is 0.0268. The average molecular weight is 251 g/mol. The Bertz CT molecular complexity index is 470. The summed E-state index contributed by atoms with van der Waals surface area (Å²) >= 11 is 1.02. The Morgan fingerprint density at radius 1 is 1.59 bits per heavy atom. The topological polar surface area (TPSA) is 103 Å². The molecule has 7 heteroatoms. The molecule has 1 amide bonds. The van der Waals surface area contributed by atoms with E-state index in [4.69, 9.17) is 10.4 Å². The third-order valence-corrected chi connectivity index (χ3v) is 2.71. The van der Waals surface area contributed by atoms with E-state index >= 15 is 0 Å². The van der Waals surface area contributed by atoms with Crippen molar-refractivity contribution < 1.29 is 14.7 Å². The van der Waals surface area contributed by atoms with Crippen molar-refractivity contribution in [1.82, 2.24) is 10.3 Å². The normalized spacial score (nSPS) is 9.35. The van der Waals surface area contributed by atoms with Crippen molar-refractivity contribution in [1.29, 1.82) is 5.26 Å². The first kappa shape index (κ1) is 13.0. The fourth-order valence-electron chi connectivity index (χ4n) is 0.992. The van der Waals surface area contributed by atoms with E-state index in [0.717, 1.165) is 11.8 Å². The van der Waals surface area contributed by atoms with Crippen molar-refractivity contribution in [3.8, 4) is 6.07 Å². The Balaban J connectivity index is 2.61. The summed E-state index contributed by atoms with van der Waals surface area (Å²) in [6, 6.07) is 4.71. The predicted molar refractivity (Wildman–Crippen MR) is 60.5 cm³/mol. The summed E-state index contributed by atoms with van der Waals surface area (Å²) in [5.41, 5.74) is 0.0607. The molecule has 0 bridgehead atoms. The number of amides is 1. The van der Waals surface area contributed by atoms with Gasteiger partial charge in [-0.05, 0) is 12.1 Å². The van der Waals surface area contributed by atoms with Crippen molar-refractivity contribution >= 4 is 23.6 Å². The Morgan fingerprint density at radius 2 is 2.35 bits per heavy atom. The first-order chi connectivity index (χ1) is 8.15. The highest BCUT2D eigenvalue weighted by Crippen LogP contribution is 2.19. The molecule has 17 heavy (non-hydrogen) atoms. The van der Waals surface area contributed by atoms with E-state index in [1.54, 1.807) is 6.07 Å². The van der Waals surface area contributed by atoms with Gasteiger partial charge in [-0.1, -0.05) is 11.8 Å². The van der Waals surface area contributed by atoms with Gasteiger partial charge in [0.2, 0.25) is 5.91 Å². The second-order valence-corrected chi connectivity index (χ2v) is 3.85. The van der Waals surface area contributed by atoms with Crippen LogP contribution >= 0.6 is 11.8 Å². The maximum absolute atomic E-state index is 11.2. The summed E-state index contributed by atoms with van der Waals surface area (Å²) in [5, 5.41) is 19.8. The molecule has 0 aromatic carbocycles. The van der Waals surface area contributed by atoms with E-state index in [1.807, 2.05) is 0 Å². The molecule has 0 unspecified atom stereocenters. The number of hydrogen-bond donors (Lipinski definition) is 2. The fourth-order valence-corrected chi connectivity index (χ4v) is 1.81. The molecule has 0 fully saturated rings. The molecular formula is C10H9N3O3S. The lowest BCUT2D eigenvalue weighted by Gasteiger charge is -2.03. The molecule has 0 aliphatic heterocycles. The average Bonchev–Trinajstić information content (AvgIpc) is 2.34. The molecule has 1 heterocycles. The number of carboxylic acid groups (broad SMARTS) is 1. The lowest BCUT2D eigenvalue weighted by molar-refractivity contribution is -0.118. The van der Waals surface area contributed by atoms with Crippen molar-refractivity contribution in [2.45, 2.75) is 5.03 Å². The number of nitrogens with one attached hydrogen (secondary N) is 1. The van der Waals surface area contributed by atoms with Crippen molar-refractivity contribution in [3.63, 3.8) is 0 Å². The van der Waals surface area contributed by atoms with Crippen LogP contribution in [0, 0.1) is 11.3 Å². The summed E-state index contributed by atoms with van der Waals surface area (Å²) in [7, 11) is 0. The Morgan fingerprint density at radius 3 is 3.00 bits per heavy atom. The van der Waals surface area contributed by atoms with E-state index < -0.39 is 5.97 Å². The van der Waals surface area contributed by atoms with E-state index in [9.17, 15) is 9.59 Å². The highest BCUT2D eigenvalue weighted by atomic mass is 32.2. The molecule has 0 spiro atoms. The maximum atomic E-state index is 11.2. The second-order valence-electron chi connectivity index (χ2n) is 2.88. The molecule has 88 valence electrons. The highest BCUT2D eigenvalue weighted by molar-refractivity contribution is 8.00. The number of aromatic carboxylic acids is 1. The van der Waals surface area contributed by atoms with Gasteiger partial charge in [0.1, 0.15) is 11.6 Å². The Labute approximate surface area is 102 Å². The van der Waals surface area contributed by atoms with E-state index in [2.05, 4.69) is 10.3 Å². The highest BCUT2D eigenvalue weighted by Gasteiger charge is 2.12. The molecule has 0 radical (unpaired) electrons. The van der Waals surface area contributed by atoms with Crippen molar-refractivity contribution in [2.24, 2.45) is 0 Å². The van der Waals surface area contributed by atoms with Gasteiger partial charge in [-0.25, -0.2) is 9.78 Å².